The van der Waals surface area contributed by atoms with E-state index in [0.29, 0.717) is 0 Å². The fraction of sp³-hybridized carbons (Fsp3) is 1.00. The molecule has 1 unspecified atom stereocenters. The van der Waals surface area contributed by atoms with Crippen LogP contribution in [0.25, 0.3) is 0 Å². The highest BCUT2D eigenvalue weighted by atomic mass is 14.9. The van der Waals surface area contributed by atoms with Gasteiger partial charge >= 0.3 is 0 Å². The van der Waals surface area contributed by atoms with Gasteiger partial charge in [0.2, 0.25) is 0 Å². The van der Waals surface area contributed by atoms with E-state index in [1.54, 1.807) is 0 Å². The number of rotatable bonds is 8. The zero-order valence-electron chi connectivity index (χ0n) is 9.31. The first-order chi connectivity index (χ1) is 6.33. The Hall–Kier alpha value is -0.0400. The molecular weight excluding hydrogens is 158 g/mol. The van der Waals surface area contributed by atoms with Crippen molar-refractivity contribution in [1.29, 1.82) is 0 Å². The molecule has 1 aliphatic rings. The van der Waals surface area contributed by atoms with Gasteiger partial charge in [0.05, 0.1) is 0 Å². The molecule has 1 nitrogen and oxygen atoms in total. The van der Waals surface area contributed by atoms with Crippen LogP contribution in [0.1, 0.15) is 58.8 Å². The van der Waals surface area contributed by atoms with Gasteiger partial charge in [-0.2, -0.15) is 0 Å². The largest absolute Gasteiger partial charge is 0.314 e. The average molecular weight is 183 g/mol. The standard InChI is InChI=1S/C12H25N/c1-3-4-5-6-9-13-11(2)10-12-7-8-12/h11-13H,3-10H2,1-2H3. The summed E-state index contributed by atoms with van der Waals surface area (Å²) in [6.07, 6.45) is 9.90. The molecule has 1 rings (SSSR count). The van der Waals surface area contributed by atoms with Gasteiger partial charge in [-0.25, -0.2) is 0 Å². The zero-order valence-corrected chi connectivity index (χ0v) is 9.31. The minimum absolute atomic E-state index is 0.758. The van der Waals surface area contributed by atoms with Gasteiger partial charge in [-0.05, 0) is 32.2 Å². The van der Waals surface area contributed by atoms with Gasteiger partial charge in [-0.3, -0.25) is 0 Å². The van der Waals surface area contributed by atoms with E-state index >= 15 is 0 Å². The van der Waals surface area contributed by atoms with Crippen molar-refractivity contribution in [2.75, 3.05) is 6.54 Å². The molecule has 1 saturated carbocycles. The molecule has 0 aromatic carbocycles. The molecule has 0 aliphatic heterocycles. The second-order valence-electron chi connectivity index (χ2n) is 4.59. The third-order valence-electron chi connectivity index (χ3n) is 2.91. The van der Waals surface area contributed by atoms with Gasteiger partial charge < -0.3 is 5.32 Å². The Morgan fingerprint density at radius 3 is 2.62 bits per heavy atom. The van der Waals surface area contributed by atoms with E-state index in [4.69, 9.17) is 0 Å². The summed E-state index contributed by atoms with van der Waals surface area (Å²) < 4.78 is 0. The maximum absolute atomic E-state index is 3.61. The van der Waals surface area contributed by atoms with E-state index in [1.165, 1.54) is 51.5 Å². The molecule has 1 fully saturated rings. The minimum Gasteiger partial charge on any atom is -0.314 e. The van der Waals surface area contributed by atoms with Gasteiger partial charge in [0.15, 0.2) is 0 Å². The molecule has 0 bridgehead atoms. The minimum atomic E-state index is 0.758. The summed E-state index contributed by atoms with van der Waals surface area (Å²) in [6, 6.07) is 0.758. The topological polar surface area (TPSA) is 12.0 Å². The van der Waals surface area contributed by atoms with Crippen molar-refractivity contribution >= 4 is 0 Å². The van der Waals surface area contributed by atoms with Crippen molar-refractivity contribution in [2.24, 2.45) is 5.92 Å². The van der Waals surface area contributed by atoms with E-state index < -0.39 is 0 Å². The van der Waals surface area contributed by atoms with Crippen LogP contribution in [0.15, 0.2) is 0 Å². The predicted molar refractivity (Wildman–Crippen MR) is 58.9 cm³/mol. The first kappa shape index (κ1) is 11.0. The van der Waals surface area contributed by atoms with Gasteiger partial charge in [-0.15, -0.1) is 0 Å². The average Bonchev–Trinajstić information content (AvgIpc) is 2.88. The Labute approximate surface area is 83.3 Å². The Bertz CT molecular complexity index is 118. The first-order valence-electron chi connectivity index (χ1n) is 6.06. The Morgan fingerprint density at radius 1 is 1.23 bits per heavy atom. The normalized spacial score (nSPS) is 18.9. The summed E-state index contributed by atoms with van der Waals surface area (Å²) in [4.78, 5) is 0. The van der Waals surface area contributed by atoms with Gasteiger partial charge in [0.25, 0.3) is 0 Å². The van der Waals surface area contributed by atoms with Crippen LogP contribution in [0.3, 0.4) is 0 Å². The summed E-state index contributed by atoms with van der Waals surface area (Å²) in [5.41, 5.74) is 0. The second kappa shape index (κ2) is 6.42. The molecule has 1 heteroatoms. The van der Waals surface area contributed by atoms with Crippen LogP contribution in [0.5, 0.6) is 0 Å². The molecule has 0 saturated heterocycles. The van der Waals surface area contributed by atoms with E-state index in [-0.39, 0.29) is 0 Å². The molecule has 1 N–H and O–H groups in total. The Balaban J connectivity index is 1.80. The lowest BCUT2D eigenvalue weighted by molar-refractivity contribution is 0.474. The first-order valence-corrected chi connectivity index (χ1v) is 6.06. The fourth-order valence-corrected chi connectivity index (χ4v) is 1.84. The lowest BCUT2D eigenvalue weighted by Crippen LogP contribution is -2.27. The van der Waals surface area contributed by atoms with Crippen molar-refractivity contribution in [3.05, 3.63) is 0 Å². The van der Waals surface area contributed by atoms with E-state index in [1.807, 2.05) is 0 Å². The van der Waals surface area contributed by atoms with Gasteiger partial charge in [-0.1, -0.05) is 39.0 Å². The highest BCUT2D eigenvalue weighted by Gasteiger charge is 2.22. The summed E-state index contributed by atoms with van der Waals surface area (Å²) in [7, 11) is 0. The molecular formula is C12H25N. The van der Waals surface area contributed by atoms with E-state index in [2.05, 4.69) is 19.2 Å². The van der Waals surface area contributed by atoms with Crippen molar-refractivity contribution in [3.8, 4) is 0 Å². The quantitative estimate of drug-likeness (QED) is 0.569. The lowest BCUT2D eigenvalue weighted by atomic mass is 10.1. The van der Waals surface area contributed by atoms with Crippen LogP contribution < -0.4 is 5.32 Å². The summed E-state index contributed by atoms with van der Waals surface area (Å²) in [5.74, 6) is 1.07. The molecule has 0 heterocycles. The van der Waals surface area contributed by atoms with Crippen LogP contribution in [0, 0.1) is 5.92 Å². The highest BCUT2D eigenvalue weighted by Crippen LogP contribution is 2.33. The number of nitrogens with one attached hydrogen (secondary N) is 1. The molecule has 0 spiro atoms. The predicted octanol–water partition coefficient (Wildman–Crippen LogP) is 3.34. The molecule has 1 aliphatic carbocycles. The number of hydrogen-bond acceptors (Lipinski definition) is 1. The molecule has 0 aromatic rings. The maximum Gasteiger partial charge on any atom is 0.00413 e. The van der Waals surface area contributed by atoms with Crippen LogP contribution in [-0.2, 0) is 0 Å². The Morgan fingerprint density at radius 2 is 2.00 bits per heavy atom. The number of hydrogen-bond donors (Lipinski definition) is 1. The summed E-state index contributed by atoms with van der Waals surface area (Å²) in [5, 5.41) is 3.61. The molecule has 0 radical (unpaired) electrons. The molecule has 0 aromatic heterocycles. The SMILES string of the molecule is CCCCCCNC(C)CC1CC1. The Kier molecular flexibility index (Phi) is 5.45. The van der Waals surface area contributed by atoms with Gasteiger partial charge in [0.1, 0.15) is 0 Å². The molecule has 1 atom stereocenters. The smallest absolute Gasteiger partial charge is 0.00413 e. The molecule has 0 amide bonds. The van der Waals surface area contributed by atoms with E-state index in [9.17, 15) is 0 Å². The third-order valence-corrected chi connectivity index (χ3v) is 2.91. The van der Waals surface area contributed by atoms with Crippen molar-refractivity contribution in [3.63, 3.8) is 0 Å². The summed E-state index contributed by atoms with van der Waals surface area (Å²) in [6.45, 7) is 5.83. The van der Waals surface area contributed by atoms with Crippen LogP contribution in [-0.4, -0.2) is 12.6 Å². The van der Waals surface area contributed by atoms with Crippen molar-refractivity contribution < 1.29 is 0 Å². The van der Waals surface area contributed by atoms with Gasteiger partial charge in [0, 0.05) is 6.04 Å². The van der Waals surface area contributed by atoms with Crippen molar-refractivity contribution in [1.82, 2.24) is 5.32 Å². The second-order valence-corrected chi connectivity index (χ2v) is 4.59. The monoisotopic (exact) mass is 183 g/mol. The molecule has 13 heavy (non-hydrogen) atoms. The maximum atomic E-state index is 3.61. The fourth-order valence-electron chi connectivity index (χ4n) is 1.84. The summed E-state index contributed by atoms with van der Waals surface area (Å²) >= 11 is 0. The third kappa shape index (κ3) is 6.09. The highest BCUT2D eigenvalue weighted by molar-refractivity contribution is 4.77. The van der Waals surface area contributed by atoms with Crippen LogP contribution in [0.2, 0.25) is 0 Å². The van der Waals surface area contributed by atoms with E-state index in [0.717, 1.165) is 12.0 Å². The van der Waals surface area contributed by atoms with Crippen molar-refractivity contribution in [2.45, 2.75) is 64.8 Å². The molecule has 78 valence electrons. The lowest BCUT2D eigenvalue weighted by Gasteiger charge is -2.12. The number of unbranched alkanes of at least 4 members (excludes halogenated alkanes) is 3. The van der Waals surface area contributed by atoms with Crippen LogP contribution in [0.4, 0.5) is 0 Å². The van der Waals surface area contributed by atoms with Crippen LogP contribution >= 0.6 is 0 Å². The zero-order chi connectivity index (χ0) is 9.52.